The number of morpholine rings is 1. The minimum atomic E-state index is -0.394. The second kappa shape index (κ2) is 11.9. The summed E-state index contributed by atoms with van der Waals surface area (Å²) < 4.78 is 10.9. The zero-order valence-electron chi connectivity index (χ0n) is 20.0. The fourth-order valence-electron chi connectivity index (χ4n) is 3.63. The number of carbonyl (C=O) groups excluding carboxylic acids is 2. The third-order valence-corrected chi connectivity index (χ3v) is 5.38. The molecule has 3 rings (SSSR count). The first-order valence-electron chi connectivity index (χ1n) is 11.5. The van der Waals surface area contributed by atoms with E-state index in [4.69, 9.17) is 9.15 Å². The van der Waals surface area contributed by atoms with Gasteiger partial charge in [0.1, 0.15) is 12.3 Å². The van der Waals surface area contributed by atoms with E-state index in [1.807, 2.05) is 63.2 Å². The van der Waals surface area contributed by atoms with Gasteiger partial charge in [-0.1, -0.05) is 30.3 Å². The number of urea groups is 1. The average Bonchev–Trinajstić information content (AvgIpc) is 3.29. The molecule has 8 nitrogen and oxygen atoms in total. The summed E-state index contributed by atoms with van der Waals surface area (Å²) in [7, 11) is 0. The second-order valence-corrected chi connectivity index (χ2v) is 9.37. The maximum Gasteiger partial charge on any atom is 0.318 e. The number of rotatable bonds is 9. The largest absolute Gasteiger partial charge is 0.467 e. The van der Waals surface area contributed by atoms with Gasteiger partial charge in [-0.15, -0.1) is 0 Å². The van der Waals surface area contributed by atoms with Crippen molar-refractivity contribution in [2.45, 2.75) is 39.4 Å². The van der Waals surface area contributed by atoms with Crippen LogP contribution < -0.4 is 5.32 Å². The van der Waals surface area contributed by atoms with E-state index >= 15 is 0 Å². The van der Waals surface area contributed by atoms with Crippen molar-refractivity contribution < 1.29 is 18.7 Å². The molecule has 1 saturated heterocycles. The van der Waals surface area contributed by atoms with Crippen molar-refractivity contribution in [3.63, 3.8) is 0 Å². The van der Waals surface area contributed by atoms with Crippen LogP contribution in [0.15, 0.2) is 53.1 Å². The molecule has 0 unspecified atom stereocenters. The summed E-state index contributed by atoms with van der Waals surface area (Å²) in [6.45, 7) is 10.8. The number of nitrogens with zero attached hydrogens (tertiary/aromatic N) is 3. The number of hydrogen-bond acceptors (Lipinski definition) is 5. The number of furan rings is 1. The zero-order valence-corrected chi connectivity index (χ0v) is 20.0. The first kappa shape index (κ1) is 24.8. The van der Waals surface area contributed by atoms with E-state index in [1.165, 1.54) is 0 Å². The maximum atomic E-state index is 13.4. The van der Waals surface area contributed by atoms with Crippen LogP contribution in [-0.2, 0) is 22.6 Å². The monoisotopic (exact) mass is 456 g/mol. The number of benzene rings is 1. The van der Waals surface area contributed by atoms with Crippen LogP contribution >= 0.6 is 0 Å². The fourth-order valence-corrected chi connectivity index (χ4v) is 3.63. The molecule has 0 atom stereocenters. The Labute approximate surface area is 196 Å². The topological polar surface area (TPSA) is 78.3 Å². The molecule has 1 aliphatic heterocycles. The molecule has 8 heteroatoms. The lowest BCUT2D eigenvalue weighted by atomic mass is 10.1. The molecule has 33 heavy (non-hydrogen) atoms. The van der Waals surface area contributed by atoms with Gasteiger partial charge in [0.25, 0.3) is 0 Å². The molecule has 2 aromatic rings. The van der Waals surface area contributed by atoms with E-state index in [1.54, 1.807) is 16.1 Å². The summed E-state index contributed by atoms with van der Waals surface area (Å²) in [4.78, 5) is 32.1. The molecule has 1 aliphatic rings. The van der Waals surface area contributed by atoms with Crippen molar-refractivity contribution in [1.82, 2.24) is 20.0 Å². The predicted octanol–water partition coefficient (Wildman–Crippen LogP) is 2.95. The van der Waals surface area contributed by atoms with Gasteiger partial charge in [0.2, 0.25) is 5.91 Å². The predicted molar refractivity (Wildman–Crippen MR) is 127 cm³/mol. The molecule has 1 aromatic carbocycles. The first-order valence-corrected chi connectivity index (χ1v) is 11.5. The van der Waals surface area contributed by atoms with Gasteiger partial charge in [0, 0.05) is 38.3 Å². The van der Waals surface area contributed by atoms with Gasteiger partial charge >= 0.3 is 6.03 Å². The highest BCUT2D eigenvalue weighted by atomic mass is 16.5. The van der Waals surface area contributed by atoms with Crippen LogP contribution in [0.3, 0.4) is 0 Å². The lowest BCUT2D eigenvalue weighted by molar-refractivity contribution is -0.133. The standard InChI is InChI=1S/C25H36N4O4/c1-25(2,3)26-24(31)28(12-11-27-13-16-32-17-14-27)20-23(30)29(19-22-10-7-15-33-22)18-21-8-5-4-6-9-21/h4-10,15H,11-14,16-20H2,1-3H3,(H,26,31). The van der Waals surface area contributed by atoms with Crippen molar-refractivity contribution in [3.05, 3.63) is 60.1 Å². The van der Waals surface area contributed by atoms with E-state index in [0.29, 0.717) is 45.2 Å². The highest BCUT2D eigenvalue weighted by Crippen LogP contribution is 2.12. The molecule has 0 radical (unpaired) electrons. The summed E-state index contributed by atoms with van der Waals surface area (Å²) >= 11 is 0. The van der Waals surface area contributed by atoms with E-state index in [2.05, 4.69) is 10.2 Å². The lowest BCUT2D eigenvalue weighted by Crippen LogP contribution is -2.53. The summed E-state index contributed by atoms with van der Waals surface area (Å²) in [5.41, 5.74) is 0.631. The number of nitrogens with one attached hydrogen (secondary N) is 1. The van der Waals surface area contributed by atoms with Gasteiger partial charge in [0.05, 0.1) is 26.0 Å². The van der Waals surface area contributed by atoms with Crippen molar-refractivity contribution in [3.8, 4) is 0 Å². The van der Waals surface area contributed by atoms with E-state index in [-0.39, 0.29) is 18.5 Å². The Hall–Kier alpha value is -2.84. The van der Waals surface area contributed by atoms with Crippen LogP contribution in [0.25, 0.3) is 0 Å². The molecule has 0 saturated carbocycles. The number of amides is 3. The van der Waals surface area contributed by atoms with E-state index in [9.17, 15) is 9.59 Å². The smallest absolute Gasteiger partial charge is 0.318 e. The molecule has 0 aliphatic carbocycles. The molecule has 2 heterocycles. The van der Waals surface area contributed by atoms with Crippen molar-refractivity contribution >= 4 is 11.9 Å². The minimum absolute atomic E-state index is 0.000203. The molecular weight excluding hydrogens is 420 g/mol. The normalized spacial score (nSPS) is 14.6. The highest BCUT2D eigenvalue weighted by molar-refractivity contribution is 5.84. The molecule has 0 spiro atoms. The summed E-state index contributed by atoms with van der Waals surface area (Å²) in [5, 5.41) is 3.00. The van der Waals surface area contributed by atoms with Gasteiger partial charge in [-0.25, -0.2) is 4.79 Å². The average molecular weight is 457 g/mol. The molecule has 1 fully saturated rings. The summed E-state index contributed by atoms with van der Waals surface area (Å²) in [6.07, 6.45) is 1.60. The SMILES string of the molecule is CC(C)(C)NC(=O)N(CCN1CCOCC1)CC(=O)N(Cc1ccccc1)Cc1ccco1. The second-order valence-electron chi connectivity index (χ2n) is 9.37. The van der Waals surface area contributed by atoms with Crippen LogP contribution in [-0.4, -0.2) is 78.1 Å². The maximum absolute atomic E-state index is 13.4. The Balaban J connectivity index is 1.71. The molecular formula is C25H36N4O4. The lowest BCUT2D eigenvalue weighted by Gasteiger charge is -2.33. The van der Waals surface area contributed by atoms with Crippen LogP contribution in [0.4, 0.5) is 4.79 Å². The van der Waals surface area contributed by atoms with Crippen molar-refractivity contribution in [2.75, 3.05) is 45.9 Å². The van der Waals surface area contributed by atoms with Gasteiger partial charge in [-0.05, 0) is 38.5 Å². The minimum Gasteiger partial charge on any atom is -0.467 e. The Morgan fingerprint density at radius 3 is 2.36 bits per heavy atom. The van der Waals surface area contributed by atoms with E-state index < -0.39 is 5.54 Å². The summed E-state index contributed by atoms with van der Waals surface area (Å²) in [5.74, 6) is 0.583. The number of hydrogen-bond donors (Lipinski definition) is 1. The Morgan fingerprint density at radius 2 is 1.73 bits per heavy atom. The molecule has 180 valence electrons. The van der Waals surface area contributed by atoms with Gasteiger partial charge < -0.3 is 24.3 Å². The number of carbonyl (C=O) groups is 2. The third-order valence-electron chi connectivity index (χ3n) is 5.38. The Bertz CT molecular complexity index is 858. The van der Waals surface area contributed by atoms with Crippen LogP contribution in [0, 0.1) is 0 Å². The Kier molecular flexibility index (Phi) is 8.91. The van der Waals surface area contributed by atoms with Crippen LogP contribution in [0.2, 0.25) is 0 Å². The van der Waals surface area contributed by atoms with Gasteiger partial charge in [0.15, 0.2) is 0 Å². The molecule has 1 aromatic heterocycles. The summed E-state index contributed by atoms with van der Waals surface area (Å²) in [6, 6.07) is 13.3. The van der Waals surface area contributed by atoms with Crippen molar-refractivity contribution in [1.29, 1.82) is 0 Å². The molecule has 1 N–H and O–H groups in total. The quantitative estimate of drug-likeness (QED) is 0.628. The van der Waals surface area contributed by atoms with Crippen molar-refractivity contribution in [2.24, 2.45) is 0 Å². The third kappa shape index (κ3) is 8.55. The van der Waals surface area contributed by atoms with Gasteiger partial charge in [-0.3, -0.25) is 9.69 Å². The van der Waals surface area contributed by atoms with Crippen LogP contribution in [0.5, 0.6) is 0 Å². The zero-order chi connectivity index (χ0) is 23.7. The first-order chi connectivity index (χ1) is 15.8. The Morgan fingerprint density at radius 1 is 1.00 bits per heavy atom. The van der Waals surface area contributed by atoms with E-state index in [0.717, 1.165) is 18.7 Å². The molecule has 0 bridgehead atoms. The van der Waals surface area contributed by atoms with Gasteiger partial charge in [-0.2, -0.15) is 0 Å². The highest BCUT2D eigenvalue weighted by Gasteiger charge is 2.25. The fraction of sp³-hybridized carbons (Fsp3) is 0.520. The number of ether oxygens (including phenoxy) is 1. The molecule has 3 amide bonds. The van der Waals surface area contributed by atoms with Crippen LogP contribution in [0.1, 0.15) is 32.1 Å².